The molecule has 1 rings (SSSR count). The molecule has 0 aromatic carbocycles. The summed E-state index contributed by atoms with van der Waals surface area (Å²) in [6.45, 7) is 3.63. The minimum Gasteiger partial charge on any atom is -0.394 e. The number of nitrogens with one attached hydrogen (secondary N) is 1. The lowest BCUT2D eigenvalue weighted by Gasteiger charge is -2.40. The Morgan fingerprint density at radius 2 is 0.926 bits per heavy atom. The van der Waals surface area contributed by atoms with E-state index < -0.39 is 49.5 Å². The lowest BCUT2D eigenvalue weighted by atomic mass is 9.99. The van der Waals surface area contributed by atoms with E-state index in [0.717, 1.165) is 57.8 Å². The van der Waals surface area contributed by atoms with Crippen molar-refractivity contribution < 1.29 is 39.8 Å². The van der Waals surface area contributed by atoms with Gasteiger partial charge in [-0.25, -0.2) is 0 Å². The maximum Gasteiger partial charge on any atom is 0.220 e. The number of rotatable bonds is 47. The highest BCUT2D eigenvalue weighted by Crippen LogP contribution is 2.23. The van der Waals surface area contributed by atoms with Crippen molar-refractivity contribution >= 4 is 5.91 Å². The Morgan fingerprint density at radius 1 is 0.515 bits per heavy atom. The predicted molar refractivity (Wildman–Crippen MR) is 285 cm³/mol. The molecule has 1 fully saturated rings. The average molecular weight is 956 g/mol. The second kappa shape index (κ2) is 48.3. The number of unbranched alkanes of at least 4 members (excludes halogenated alkanes) is 27. The van der Waals surface area contributed by atoms with Gasteiger partial charge in [0.25, 0.3) is 0 Å². The van der Waals surface area contributed by atoms with Crippen LogP contribution in [0, 0.1) is 0 Å². The molecule has 0 spiro atoms. The molecule has 1 saturated heterocycles. The Balaban J connectivity index is 2.23. The number of amides is 1. The van der Waals surface area contributed by atoms with E-state index in [2.05, 4.69) is 79.9 Å². The highest BCUT2D eigenvalue weighted by Gasteiger charge is 2.44. The van der Waals surface area contributed by atoms with Crippen molar-refractivity contribution in [1.29, 1.82) is 0 Å². The van der Waals surface area contributed by atoms with E-state index >= 15 is 0 Å². The fourth-order valence-electron chi connectivity index (χ4n) is 8.58. The highest BCUT2D eigenvalue weighted by atomic mass is 16.7. The van der Waals surface area contributed by atoms with Crippen molar-refractivity contribution in [2.45, 2.75) is 281 Å². The summed E-state index contributed by atoms with van der Waals surface area (Å²) in [6, 6.07) is -0.848. The van der Waals surface area contributed by atoms with Crippen LogP contribution in [-0.2, 0) is 14.3 Å². The van der Waals surface area contributed by atoms with Crippen LogP contribution < -0.4 is 5.32 Å². The van der Waals surface area contributed by atoms with Gasteiger partial charge in [0, 0.05) is 6.42 Å². The molecule has 0 radical (unpaired) electrons. The van der Waals surface area contributed by atoms with Gasteiger partial charge < -0.3 is 40.3 Å². The van der Waals surface area contributed by atoms with Gasteiger partial charge in [-0.15, -0.1) is 0 Å². The van der Waals surface area contributed by atoms with Crippen molar-refractivity contribution in [1.82, 2.24) is 5.32 Å². The molecule has 9 heteroatoms. The molecule has 394 valence electrons. The van der Waals surface area contributed by atoms with Gasteiger partial charge in [0.05, 0.1) is 25.4 Å². The summed E-state index contributed by atoms with van der Waals surface area (Å²) in [5.41, 5.74) is 0. The molecule has 0 aromatic heterocycles. The Labute approximate surface area is 417 Å². The highest BCUT2D eigenvalue weighted by molar-refractivity contribution is 5.76. The molecule has 1 aliphatic heterocycles. The van der Waals surface area contributed by atoms with Crippen LogP contribution >= 0.6 is 0 Å². The first kappa shape index (κ1) is 63.6. The SMILES string of the molecule is CC/C=C\C/C=C\C/C=C\C/C=C\CCCCC(=O)NC(COC1OC(CO)C(O)C(O)C1O)C(O)/C=C/CC/C=C/CCCCCCCCCCCCCCCCCCCCCCCCCC. The molecule has 6 N–H and O–H groups in total. The molecule has 1 aliphatic rings. The maximum atomic E-state index is 13.0. The first-order valence-electron chi connectivity index (χ1n) is 28.2. The van der Waals surface area contributed by atoms with E-state index in [4.69, 9.17) is 9.47 Å². The van der Waals surface area contributed by atoms with E-state index in [1.54, 1.807) is 6.08 Å². The number of hydrogen-bond acceptors (Lipinski definition) is 8. The Hall–Kier alpha value is -2.37. The smallest absolute Gasteiger partial charge is 0.220 e. The largest absolute Gasteiger partial charge is 0.394 e. The third-order valence-electron chi connectivity index (χ3n) is 13.0. The molecule has 7 unspecified atom stereocenters. The number of hydrogen-bond donors (Lipinski definition) is 6. The summed E-state index contributed by atoms with van der Waals surface area (Å²) < 4.78 is 11.2. The van der Waals surface area contributed by atoms with Crippen molar-refractivity contribution in [3.8, 4) is 0 Å². The van der Waals surface area contributed by atoms with Gasteiger partial charge in [0.2, 0.25) is 5.91 Å². The molecule has 1 heterocycles. The van der Waals surface area contributed by atoms with Crippen LogP contribution in [0.5, 0.6) is 0 Å². The normalized spacial score (nSPS) is 20.1. The van der Waals surface area contributed by atoms with Gasteiger partial charge in [-0.05, 0) is 70.6 Å². The topological polar surface area (TPSA) is 149 Å². The minimum absolute atomic E-state index is 0.221. The number of carbonyl (C=O) groups is 1. The molecular formula is C59H105NO8. The average Bonchev–Trinajstić information content (AvgIpc) is 3.34. The maximum absolute atomic E-state index is 13.0. The summed E-state index contributed by atoms with van der Waals surface area (Å²) in [4.78, 5) is 13.0. The van der Waals surface area contributed by atoms with Crippen LogP contribution in [0.25, 0.3) is 0 Å². The predicted octanol–water partition coefficient (Wildman–Crippen LogP) is 13.7. The fraction of sp³-hybridized carbons (Fsp3) is 0.780. The summed E-state index contributed by atoms with van der Waals surface area (Å²) in [5, 5.41) is 54.3. The number of ether oxygens (including phenoxy) is 2. The zero-order chi connectivity index (χ0) is 49.4. The number of aliphatic hydroxyl groups excluding tert-OH is 5. The molecular weight excluding hydrogens is 851 g/mol. The molecule has 0 aromatic rings. The lowest BCUT2D eigenvalue weighted by molar-refractivity contribution is -0.302. The van der Waals surface area contributed by atoms with Gasteiger partial charge in [-0.2, -0.15) is 0 Å². The van der Waals surface area contributed by atoms with E-state index in [-0.39, 0.29) is 18.9 Å². The Bertz CT molecular complexity index is 1290. The van der Waals surface area contributed by atoms with Crippen LogP contribution in [0.15, 0.2) is 72.9 Å². The van der Waals surface area contributed by atoms with E-state index in [1.807, 2.05) is 6.08 Å². The van der Waals surface area contributed by atoms with Crippen molar-refractivity contribution in [2.75, 3.05) is 13.2 Å². The quantitative estimate of drug-likeness (QED) is 0.0261. The number of aliphatic hydroxyl groups is 5. The van der Waals surface area contributed by atoms with Gasteiger partial charge >= 0.3 is 0 Å². The van der Waals surface area contributed by atoms with Crippen molar-refractivity contribution in [2.24, 2.45) is 0 Å². The van der Waals surface area contributed by atoms with Gasteiger partial charge in [0.1, 0.15) is 24.4 Å². The zero-order valence-corrected chi connectivity index (χ0v) is 43.6. The fourth-order valence-corrected chi connectivity index (χ4v) is 8.58. The van der Waals surface area contributed by atoms with Gasteiger partial charge in [-0.1, -0.05) is 234 Å². The molecule has 0 saturated carbocycles. The Kier molecular flexibility index (Phi) is 45.2. The van der Waals surface area contributed by atoms with Gasteiger partial charge in [-0.3, -0.25) is 4.79 Å². The van der Waals surface area contributed by atoms with Crippen molar-refractivity contribution in [3.05, 3.63) is 72.9 Å². The third-order valence-corrected chi connectivity index (χ3v) is 13.0. The first-order chi connectivity index (χ1) is 33.3. The van der Waals surface area contributed by atoms with Crippen LogP contribution in [0.1, 0.15) is 239 Å². The van der Waals surface area contributed by atoms with E-state index in [0.29, 0.717) is 6.42 Å². The molecule has 9 nitrogen and oxygen atoms in total. The summed E-state index contributed by atoms with van der Waals surface area (Å²) >= 11 is 0. The second-order valence-corrected chi connectivity index (χ2v) is 19.3. The number of allylic oxidation sites excluding steroid dienone is 11. The molecule has 68 heavy (non-hydrogen) atoms. The third kappa shape index (κ3) is 37.5. The van der Waals surface area contributed by atoms with E-state index in [9.17, 15) is 30.3 Å². The Morgan fingerprint density at radius 3 is 1.41 bits per heavy atom. The van der Waals surface area contributed by atoms with E-state index in [1.165, 1.54) is 154 Å². The first-order valence-corrected chi connectivity index (χ1v) is 28.2. The van der Waals surface area contributed by atoms with Crippen molar-refractivity contribution in [3.63, 3.8) is 0 Å². The number of carbonyl (C=O) groups excluding carboxylic acids is 1. The molecule has 0 aliphatic carbocycles. The minimum atomic E-state index is -1.58. The van der Waals surface area contributed by atoms with Crippen LogP contribution in [-0.4, -0.2) is 87.5 Å². The standard InChI is InChI=1S/C59H105NO8/c1-3-5-7-9-11-13-15-17-19-20-21-22-23-24-25-26-27-28-29-30-31-32-33-35-36-38-40-42-44-46-48-53(62)52(51-67-59-58(66)57(65)56(64)54(50-61)68-59)60-55(63)49-47-45-43-41-39-37-34-18-16-14-12-10-8-6-4-2/h6,8,12,14,18,34,38-41,46,48,52-54,56-59,61-62,64-66H,3-5,7,9-11,13,15-17,19-33,35-37,42-45,47,49-51H2,1-2H3,(H,60,63)/b8-6-,14-12-,34-18-,40-38+,41-39-,48-46+. The summed E-state index contributed by atoms with van der Waals surface area (Å²) in [7, 11) is 0. The van der Waals surface area contributed by atoms with Crippen LogP contribution in [0.4, 0.5) is 0 Å². The van der Waals surface area contributed by atoms with Crippen LogP contribution in [0.3, 0.4) is 0 Å². The molecule has 1 amide bonds. The monoisotopic (exact) mass is 956 g/mol. The second-order valence-electron chi connectivity index (χ2n) is 19.3. The van der Waals surface area contributed by atoms with Crippen LogP contribution in [0.2, 0.25) is 0 Å². The molecule has 0 bridgehead atoms. The molecule has 7 atom stereocenters. The zero-order valence-electron chi connectivity index (χ0n) is 43.6. The summed E-state index contributed by atoms with van der Waals surface area (Å²) in [6.07, 6.45) is 59.9. The van der Waals surface area contributed by atoms with Gasteiger partial charge in [0.15, 0.2) is 6.29 Å². The lowest BCUT2D eigenvalue weighted by Crippen LogP contribution is -2.60. The summed E-state index contributed by atoms with van der Waals surface area (Å²) in [5.74, 6) is -0.228.